The maximum absolute atomic E-state index is 12.6. The van der Waals surface area contributed by atoms with Crippen molar-refractivity contribution in [3.8, 4) is 0 Å². The first-order valence-electron chi connectivity index (χ1n) is 9.94. The van der Waals surface area contributed by atoms with Crippen molar-refractivity contribution in [3.05, 3.63) is 65.7 Å². The summed E-state index contributed by atoms with van der Waals surface area (Å²) < 4.78 is 5.33. The molecular weight excluding hydrogens is 352 g/mol. The Labute approximate surface area is 167 Å². The first kappa shape index (κ1) is 21.6. The summed E-state index contributed by atoms with van der Waals surface area (Å²) in [6.07, 6.45) is 0.715. The van der Waals surface area contributed by atoms with Crippen LogP contribution < -0.4 is 5.32 Å². The molecule has 1 unspecified atom stereocenters. The summed E-state index contributed by atoms with van der Waals surface area (Å²) >= 11 is 0. The number of esters is 1. The van der Waals surface area contributed by atoms with E-state index in [-0.39, 0.29) is 17.8 Å². The molecule has 5 heteroatoms. The smallest absolute Gasteiger partial charge is 0.338 e. The molecule has 0 heterocycles. The Balaban J connectivity index is 1.91. The van der Waals surface area contributed by atoms with E-state index in [4.69, 9.17) is 4.74 Å². The van der Waals surface area contributed by atoms with Gasteiger partial charge in [0, 0.05) is 12.2 Å². The third-order valence-electron chi connectivity index (χ3n) is 4.85. The van der Waals surface area contributed by atoms with E-state index in [1.54, 1.807) is 24.3 Å². The van der Waals surface area contributed by atoms with Crippen LogP contribution >= 0.6 is 0 Å². The molecule has 28 heavy (non-hydrogen) atoms. The summed E-state index contributed by atoms with van der Waals surface area (Å²) in [4.78, 5) is 27.0. The number of anilines is 1. The number of ether oxygens (including phenoxy) is 1. The number of amides is 1. The van der Waals surface area contributed by atoms with Crippen LogP contribution in [0, 0.1) is 0 Å². The Morgan fingerprint density at radius 3 is 2.18 bits per heavy atom. The van der Waals surface area contributed by atoms with Crippen molar-refractivity contribution in [2.24, 2.45) is 0 Å². The highest BCUT2D eigenvalue weighted by atomic mass is 16.5. The molecule has 0 aromatic heterocycles. The molecule has 0 bridgehead atoms. The summed E-state index contributed by atoms with van der Waals surface area (Å²) in [5, 5.41) is 2.93. The minimum Gasteiger partial charge on any atom is -0.461 e. The van der Waals surface area contributed by atoms with Gasteiger partial charge in [0.05, 0.1) is 11.5 Å². The number of likely N-dealkylation sites (N-methyl/N-ethyl adjacent to an activating group) is 1. The number of carbonyl (C=O) groups is 2. The Morgan fingerprint density at radius 1 is 0.964 bits per heavy atom. The molecule has 0 saturated carbocycles. The van der Waals surface area contributed by atoms with E-state index in [1.807, 2.05) is 37.3 Å². The van der Waals surface area contributed by atoms with Crippen LogP contribution in [0.3, 0.4) is 0 Å². The molecular formula is C23H30N2O3. The van der Waals surface area contributed by atoms with Gasteiger partial charge in [0.25, 0.3) is 0 Å². The molecule has 0 aliphatic rings. The number of nitrogens with zero attached hydrogens (tertiary/aromatic N) is 1. The van der Waals surface area contributed by atoms with Crippen LogP contribution in [0.4, 0.5) is 5.69 Å². The number of hydrogen-bond acceptors (Lipinski definition) is 4. The summed E-state index contributed by atoms with van der Waals surface area (Å²) in [5.74, 6) is -0.602. The topological polar surface area (TPSA) is 58.6 Å². The summed E-state index contributed by atoms with van der Waals surface area (Å²) in [6.45, 7) is 9.13. The fourth-order valence-electron chi connectivity index (χ4n) is 3.07. The largest absolute Gasteiger partial charge is 0.461 e. The molecule has 0 fully saturated rings. The van der Waals surface area contributed by atoms with E-state index in [0.717, 1.165) is 25.2 Å². The van der Waals surface area contributed by atoms with Gasteiger partial charge in [-0.2, -0.15) is 0 Å². The molecule has 1 N–H and O–H groups in total. The molecule has 1 atom stereocenters. The van der Waals surface area contributed by atoms with Gasteiger partial charge in [0.15, 0.2) is 0 Å². The fraction of sp³-hybridized carbons (Fsp3) is 0.391. The molecule has 1 amide bonds. The van der Waals surface area contributed by atoms with Crippen LogP contribution in [-0.2, 0) is 9.53 Å². The van der Waals surface area contributed by atoms with Gasteiger partial charge >= 0.3 is 5.97 Å². The lowest BCUT2D eigenvalue weighted by molar-refractivity contribution is -0.117. The Morgan fingerprint density at radius 2 is 1.61 bits per heavy atom. The Kier molecular flexibility index (Phi) is 8.69. The monoisotopic (exact) mass is 382 g/mol. The van der Waals surface area contributed by atoms with E-state index in [0.29, 0.717) is 24.3 Å². The highest BCUT2D eigenvalue weighted by Gasteiger charge is 2.18. The van der Waals surface area contributed by atoms with Gasteiger partial charge < -0.3 is 15.0 Å². The predicted molar refractivity (Wildman–Crippen MR) is 113 cm³/mol. The van der Waals surface area contributed by atoms with E-state index < -0.39 is 0 Å². The molecule has 0 aliphatic heterocycles. The molecule has 2 aromatic carbocycles. The fourth-order valence-corrected chi connectivity index (χ4v) is 3.07. The second-order valence-electron chi connectivity index (χ2n) is 6.60. The SMILES string of the molecule is CCC(C(=O)Nc1ccc(C(=O)OCCN(CC)CC)cc1)c1ccccc1. The standard InChI is InChI=1S/C23H30N2O3/c1-4-21(18-10-8-7-9-11-18)22(26)24-20-14-12-19(13-15-20)23(27)28-17-16-25(5-2)6-3/h7-15,21H,4-6,16-17H2,1-3H3,(H,24,26). The molecule has 0 spiro atoms. The summed E-state index contributed by atoms with van der Waals surface area (Å²) in [7, 11) is 0. The number of nitrogens with one attached hydrogen (secondary N) is 1. The molecule has 150 valence electrons. The molecule has 2 rings (SSSR count). The maximum Gasteiger partial charge on any atom is 0.338 e. The van der Waals surface area contributed by atoms with Crippen molar-refractivity contribution < 1.29 is 14.3 Å². The highest BCUT2D eigenvalue weighted by Crippen LogP contribution is 2.21. The lowest BCUT2D eigenvalue weighted by atomic mass is 9.95. The van der Waals surface area contributed by atoms with Crippen LogP contribution in [-0.4, -0.2) is 43.0 Å². The molecule has 0 saturated heterocycles. The Bertz CT molecular complexity index is 740. The lowest BCUT2D eigenvalue weighted by Gasteiger charge is -2.17. The zero-order valence-electron chi connectivity index (χ0n) is 17.0. The van der Waals surface area contributed by atoms with Gasteiger partial charge in [-0.15, -0.1) is 0 Å². The second kappa shape index (κ2) is 11.2. The van der Waals surface area contributed by atoms with Gasteiger partial charge in [-0.1, -0.05) is 51.1 Å². The summed E-state index contributed by atoms with van der Waals surface area (Å²) in [6, 6.07) is 16.6. The van der Waals surface area contributed by atoms with Crippen molar-refractivity contribution in [3.63, 3.8) is 0 Å². The third kappa shape index (κ3) is 6.20. The minimum absolute atomic E-state index is 0.0525. The summed E-state index contributed by atoms with van der Waals surface area (Å²) in [5.41, 5.74) is 2.14. The average Bonchev–Trinajstić information content (AvgIpc) is 2.73. The average molecular weight is 383 g/mol. The zero-order valence-corrected chi connectivity index (χ0v) is 17.0. The molecule has 0 aliphatic carbocycles. The van der Waals surface area contributed by atoms with Crippen molar-refractivity contribution in [2.75, 3.05) is 31.6 Å². The Hall–Kier alpha value is -2.66. The van der Waals surface area contributed by atoms with E-state index in [1.165, 1.54) is 0 Å². The predicted octanol–water partition coefficient (Wildman–Crippen LogP) is 4.32. The van der Waals surface area contributed by atoms with Crippen LogP contribution in [0.25, 0.3) is 0 Å². The van der Waals surface area contributed by atoms with Crippen molar-refractivity contribution >= 4 is 17.6 Å². The number of hydrogen-bond donors (Lipinski definition) is 1. The maximum atomic E-state index is 12.6. The number of carbonyl (C=O) groups excluding carboxylic acids is 2. The van der Waals surface area contributed by atoms with Gasteiger partial charge in [-0.25, -0.2) is 4.79 Å². The van der Waals surface area contributed by atoms with Crippen LogP contribution in [0.2, 0.25) is 0 Å². The van der Waals surface area contributed by atoms with Crippen LogP contribution in [0.1, 0.15) is 49.0 Å². The minimum atomic E-state index is -0.347. The first-order chi connectivity index (χ1) is 13.6. The van der Waals surface area contributed by atoms with Crippen LogP contribution in [0.15, 0.2) is 54.6 Å². The van der Waals surface area contributed by atoms with Crippen molar-refractivity contribution in [1.82, 2.24) is 4.90 Å². The lowest BCUT2D eigenvalue weighted by Crippen LogP contribution is -2.27. The van der Waals surface area contributed by atoms with Gasteiger partial charge in [0.1, 0.15) is 6.61 Å². The number of rotatable bonds is 10. The van der Waals surface area contributed by atoms with E-state index in [9.17, 15) is 9.59 Å². The number of benzene rings is 2. The van der Waals surface area contributed by atoms with Crippen molar-refractivity contribution in [2.45, 2.75) is 33.1 Å². The van der Waals surface area contributed by atoms with Gasteiger partial charge in [-0.05, 0) is 49.3 Å². The molecule has 5 nitrogen and oxygen atoms in total. The van der Waals surface area contributed by atoms with E-state index in [2.05, 4.69) is 24.1 Å². The van der Waals surface area contributed by atoms with E-state index >= 15 is 0 Å². The molecule has 0 radical (unpaired) electrons. The quantitative estimate of drug-likeness (QED) is 0.622. The normalized spacial score (nSPS) is 11.9. The van der Waals surface area contributed by atoms with Crippen LogP contribution in [0.5, 0.6) is 0 Å². The first-order valence-corrected chi connectivity index (χ1v) is 9.94. The second-order valence-corrected chi connectivity index (χ2v) is 6.60. The molecule has 2 aromatic rings. The van der Waals surface area contributed by atoms with Gasteiger partial charge in [-0.3, -0.25) is 4.79 Å². The highest BCUT2D eigenvalue weighted by molar-refractivity contribution is 5.96. The van der Waals surface area contributed by atoms with Crippen molar-refractivity contribution in [1.29, 1.82) is 0 Å². The zero-order chi connectivity index (χ0) is 20.4. The third-order valence-corrected chi connectivity index (χ3v) is 4.85. The van der Waals surface area contributed by atoms with Gasteiger partial charge in [0.2, 0.25) is 5.91 Å².